The average Bonchev–Trinajstić information content (AvgIpc) is 3.22. The van der Waals surface area contributed by atoms with E-state index >= 15 is 0 Å². The highest BCUT2D eigenvalue weighted by atomic mass is 16.3. The molecule has 0 spiro atoms. The lowest BCUT2D eigenvalue weighted by Crippen LogP contribution is -2.18. The van der Waals surface area contributed by atoms with Gasteiger partial charge in [-0.2, -0.15) is 0 Å². The summed E-state index contributed by atoms with van der Waals surface area (Å²) in [4.78, 5) is 1.49. The molecule has 0 aliphatic heterocycles. The first kappa shape index (κ1) is 23.8. The molecule has 5 heteroatoms. The minimum absolute atomic E-state index is 0.126. The van der Waals surface area contributed by atoms with E-state index in [1.54, 1.807) is 0 Å². The second-order valence-electron chi connectivity index (χ2n) is 10.1. The van der Waals surface area contributed by atoms with Crippen LogP contribution in [0.3, 0.4) is 0 Å². The number of nitrogens with zero attached hydrogens (tertiary/aromatic N) is 3. The number of rotatable bonds is 8. The number of hydrogen-bond acceptors (Lipinski definition) is 4. The van der Waals surface area contributed by atoms with Crippen molar-refractivity contribution in [3.8, 4) is 17.2 Å². The Balaban J connectivity index is 1.72. The fraction of sp³-hybridized carbons (Fsp3) is 0.379. The van der Waals surface area contributed by atoms with Gasteiger partial charge in [-0.3, -0.25) is 0 Å². The lowest BCUT2D eigenvalue weighted by Gasteiger charge is -2.28. The molecule has 0 unspecified atom stereocenters. The van der Waals surface area contributed by atoms with E-state index in [1.807, 2.05) is 49.4 Å². The zero-order chi connectivity index (χ0) is 24.5. The molecule has 3 aromatic carbocycles. The van der Waals surface area contributed by atoms with Crippen LogP contribution in [0.25, 0.3) is 16.7 Å². The number of aromatic nitrogens is 3. The van der Waals surface area contributed by atoms with E-state index < -0.39 is 0 Å². The monoisotopic (exact) mass is 457 g/mol. The summed E-state index contributed by atoms with van der Waals surface area (Å²) in [5.74, 6) is 0.466. The third kappa shape index (κ3) is 4.79. The van der Waals surface area contributed by atoms with Crippen LogP contribution < -0.4 is 0 Å². The molecule has 2 N–H and O–H groups in total. The Kier molecular flexibility index (Phi) is 6.65. The van der Waals surface area contributed by atoms with Crippen LogP contribution in [-0.4, -0.2) is 25.2 Å². The Hall–Kier alpha value is -3.34. The summed E-state index contributed by atoms with van der Waals surface area (Å²) in [6, 6.07) is 15.6. The SMILES string of the molecule is CCCCCC(C)(C)c1cc(C)cc(Cc2cc(C)cc(-n3nc4ccccc4n3)c2O)c1O. The molecule has 0 atom stereocenters. The molecule has 34 heavy (non-hydrogen) atoms. The summed E-state index contributed by atoms with van der Waals surface area (Å²) in [7, 11) is 0. The largest absolute Gasteiger partial charge is 0.507 e. The van der Waals surface area contributed by atoms with Gasteiger partial charge in [0.05, 0.1) is 0 Å². The number of aromatic hydroxyl groups is 2. The quantitative estimate of drug-likeness (QED) is 0.282. The first-order valence-electron chi connectivity index (χ1n) is 12.2. The Labute approximate surface area is 202 Å². The Morgan fingerprint density at radius 1 is 0.824 bits per heavy atom. The van der Waals surface area contributed by atoms with Gasteiger partial charge in [0.15, 0.2) is 0 Å². The van der Waals surface area contributed by atoms with Crippen LogP contribution >= 0.6 is 0 Å². The zero-order valence-corrected chi connectivity index (χ0v) is 20.9. The fourth-order valence-electron chi connectivity index (χ4n) is 4.75. The molecule has 0 amide bonds. The van der Waals surface area contributed by atoms with E-state index in [1.165, 1.54) is 17.6 Å². The van der Waals surface area contributed by atoms with E-state index in [-0.39, 0.29) is 11.2 Å². The predicted octanol–water partition coefficient (Wildman–Crippen LogP) is 6.90. The van der Waals surface area contributed by atoms with Crippen molar-refractivity contribution in [2.24, 2.45) is 0 Å². The Morgan fingerprint density at radius 3 is 2.03 bits per heavy atom. The summed E-state index contributed by atoms with van der Waals surface area (Å²) >= 11 is 0. The van der Waals surface area contributed by atoms with Crippen LogP contribution in [0.2, 0.25) is 0 Å². The highest BCUT2D eigenvalue weighted by Crippen LogP contribution is 2.40. The minimum Gasteiger partial charge on any atom is -0.507 e. The molecule has 0 bridgehead atoms. The maximum absolute atomic E-state index is 11.3. The van der Waals surface area contributed by atoms with Gasteiger partial charge >= 0.3 is 0 Å². The molecule has 5 nitrogen and oxygen atoms in total. The van der Waals surface area contributed by atoms with Crippen molar-refractivity contribution in [2.75, 3.05) is 0 Å². The predicted molar refractivity (Wildman–Crippen MR) is 138 cm³/mol. The van der Waals surface area contributed by atoms with E-state index in [0.717, 1.165) is 51.7 Å². The molecule has 0 fully saturated rings. The van der Waals surface area contributed by atoms with Crippen molar-refractivity contribution < 1.29 is 10.2 Å². The summed E-state index contributed by atoms with van der Waals surface area (Å²) in [6.45, 7) is 10.7. The second-order valence-corrected chi connectivity index (χ2v) is 10.1. The van der Waals surface area contributed by atoms with Gasteiger partial charge in [0.25, 0.3) is 0 Å². The van der Waals surface area contributed by atoms with Crippen LogP contribution in [0.5, 0.6) is 11.5 Å². The van der Waals surface area contributed by atoms with Crippen molar-refractivity contribution in [3.63, 3.8) is 0 Å². The van der Waals surface area contributed by atoms with Crippen LogP contribution in [0.15, 0.2) is 48.5 Å². The normalized spacial score (nSPS) is 11.9. The molecule has 0 aliphatic rings. The molecule has 0 aliphatic carbocycles. The van der Waals surface area contributed by atoms with Crippen molar-refractivity contribution in [2.45, 2.75) is 72.1 Å². The summed E-state index contributed by atoms with van der Waals surface area (Å²) in [5, 5.41) is 31.6. The molecule has 4 aromatic rings. The van der Waals surface area contributed by atoms with Gasteiger partial charge in [-0.1, -0.05) is 75.9 Å². The van der Waals surface area contributed by atoms with E-state index in [9.17, 15) is 10.2 Å². The standard InChI is InChI=1S/C29H35N3O2/c1-6-7-10-13-29(4,5)23-16-19(2)14-21(27(23)33)18-22-15-20(3)17-26(28(22)34)32-30-24-11-8-9-12-25(24)31-32/h8-9,11-12,14-17,33-34H,6-7,10,13,18H2,1-5H3. The maximum Gasteiger partial charge on any atom is 0.146 e. The molecule has 0 saturated heterocycles. The Bertz CT molecular complexity index is 1290. The van der Waals surface area contributed by atoms with Crippen LogP contribution in [0.4, 0.5) is 0 Å². The molecular weight excluding hydrogens is 422 g/mol. The van der Waals surface area contributed by atoms with E-state index in [4.69, 9.17) is 0 Å². The minimum atomic E-state index is -0.126. The first-order valence-corrected chi connectivity index (χ1v) is 12.2. The summed E-state index contributed by atoms with van der Waals surface area (Å²) < 4.78 is 0. The van der Waals surface area contributed by atoms with Crippen molar-refractivity contribution in [3.05, 3.63) is 76.3 Å². The van der Waals surface area contributed by atoms with Crippen molar-refractivity contribution in [1.82, 2.24) is 15.0 Å². The number of phenolic OH excluding ortho intramolecular Hbond substituents is 2. The molecule has 4 rings (SSSR count). The summed E-state index contributed by atoms with van der Waals surface area (Å²) in [6.07, 6.45) is 4.96. The van der Waals surface area contributed by atoms with Gasteiger partial charge < -0.3 is 10.2 Å². The zero-order valence-electron chi connectivity index (χ0n) is 20.9. The second kappa shape index (κ2) is 9.49. The van der Waals surface area contributed by atoms with Crippen LogP contribution in [-0.2, 0) is 11.8 Å². The highest BCUT2D eigenvalue weighted by Gasteiger charge is 2.26. The molecule has 0 radical (unpaired) electrons. The molecule has 1 aromatic heterocycles. The number of benzene rings is 3. The topological polar surface area (TPSA) is 71.2 Å². The fourth-order valence-corrected chi connectivity index (χ4v) is 4.75. The molecular formula is C29H35N3O2. The van der Waals surface area contributed by atoms with Gasteiger partial charge in [-0.05, 0) is 55.0 Å². The van der Waals surface area contributed by atoms with Gasteiger partial charge in [-0.15, -0.1) is 15.0 Å². The lowest BCUT2D eigenvalue weighted by molar-refractivity contribution is 0.404. The molecule has 0 saturated carbocycles. The van der Waals surface area contributed by atoms with Crippen LogP contribution in [0.1, 0.15) is 74.3 Å². The third-order valence-electron chi connectivity index (χ3n) is 6.66. The first-order chi connectivity index (χ1) is 16.2. The molecule has 1 heterocycles. The number of hydrogen-bond donors (Lipinski definition) is 2. The van der Waals surface area contributed by atoms with Crippen molar-refractivity contribution >= 4 is 11.0 Å². The van der Waals surface area contributed by atoms with Gasteiger partial charge in [0.2, 0.25) is 0 Å². The van der Waals surface area contributed by atoms with Gasteiger partial charge in [0.1, 0.15) is 28.2 Å². The Morgan fingerprint density at radius 2 is 1.41 bits per heavy atom. The summed E-state index contributed by atoms with van der Waals surface area (Å²) in [5.41, 5.74) is 6.61. The number of fused-ring (bicyclic) bond motifs is 1. The van der Waals surface area contributed by atoms with E-state index in [2.05, 4.69) is 44.0 Å². The highest BCUT2D eigenvalue weighted by molar-refractivity contribution is 5.73. The van der Waals surface area contributed by atoms with E-state index in [0.29, 0.717) is 17.9 Å². The van der Waals surface area contributed by atoms with Crippen molar-refractivity contribution in [1.29, 1.82) is 0 Å². The lowest BCUT2D eigenvalue weighted by atomic mass is 9.77. The number of aryl methyl sites for hydroxylation is 2. The third-order valence-corrected chi connectivity index (χ3v) is 6.66. The number of phenols is 2. The van der Waals surface area contributed by atoms with Crippen LogP contribution in [0, 0.1) is 13.8 Å². The number of unbranched alkanes of at least 4 members (excludes halogenated alkanes) is 2. The van der Waals surface area contributed by atoms with Gasteiger partial charge in [0, 0.05) is 17.5 Å². The van der Waals surface area contributed by atoms with Gasteiger partial charge in [-0.25, -0.2) is 0 Å². The average molecular weight is 458 g/mol. The smallest absolute Gasteiger partial charge is 0.146 e. The molecule has 178 valence electrons. The maximum atomic E-state index is 11.3.